The smallest absolute Gasteiger partial charge is 0.294 e. The summed E-state index contributed by atoms with van der Waals surface area (Å²) in [5, 5.41) is 0. The summed E-state index contributed by atoms with van der Waals surface area (Å²) in [5.74, 6) is 0.651. The maximum atomic E-state index is 13.5. The summed E-state index contributed by atoms with van der Waals surface area (Å²) in [7, 11) is 1.61. The molecule has 5 nitrogen and oxygen atoms in total. The Balaban J connectivity index is 1.63. The predicted molar refractivity (Wildman–Crippen MR) is 109 cm³/mol. The van der Waals surface area contributed by atoms with Crippen LogP contribution in [0.3, 0.4) is 0 Å². The van der Waals surface area contributed by atoms with Crippen LogP contribution in [-0.2, 0) is 14.3 Å². The third kappa shape index (κ3) is 2.84. The number of amides is 1. The van der Waals surface area contributed by atoms with Crippen LogP contribution in [0.15, 0.2) is 65.9 Å². The van der Waals surface area contributed by atoms with Crippen molar-refractivity contribution in [2.75, 3.05) is 12.0 Å². The average Bonchev–Trinajstić information content (AvgIpc) is 3.07. The number of ketones is 1. The van der Waals surface area contributed by atoms with Crippen LogP contribution in [0.1, 0.15) is 37.3 Å². The molecule has 0 radical (unpaired) electrons. The Labute approximate surface area is 169 Å². The van der Waals surface area contributed by atoms with Crippen molar-refractivity contribution >= 4 is 17.4 Å². The van der Waals surface area contributed by atoms with E-state index in [0.717, 1.165) is 36.9 Å². The van der Waals surface area contributed by atoms with Gasteiger partial charge in [-0.2, -0.15) is 0 Å². The monoisotopic (exact) mass is 389 g/mol. The zero-order valence-electron chi connectivity index (χ0n) is 16.3. The lowest BCUT2D eigenvalue weighted by atomic mass is 9.77. The van der Waals surface area contributed by atoms with Crippen molar-refractivity contribution in [3.05, 3.63) is 71.5 Å². The molecule has 5 rings (SSSR count). The lowest BCUT2D eigenvalue weighted by Gasteiger charge is -2.35. The number of methoxy groups -OCH3 is 1. The lowest BCUT2D eigenvalue weighted by molar-refractivity contribution is -0.131. The largest absolute Gasteiger partial charge is 0.497 e. The fourth-order valence-electron chi connectivity index (χ4n) is 4.80. The number of nitrogens with zero attached hydrogens (tertiary/aromatic N) is 1. The van der Waals surface area contributed by atoms with Gasteiger partial charge in [0, 0.05) is 5.69 Å². The van der Waals surface area contributed by atoms with E-state index >= 15 is 0 Å². The van der Waals surface area contributed by atoms with Gasteiger partial charge in [0.2, 0.25) is 0 Å². The first-order valence-electron chi connectivity index (χ1n) is 10.2. The second kappa shape index (κ2) is 7.07. The molecule has 29 heavy (non-hydrogen) atoms. The van der Waals surface area contributed by atoms with Crippen molar-refractivity contribution in [2.24, 2.45) is 5.92 Å². The zero-order chi connectivity index (χ0) is 20.0. The molecule has 5 heteroatoms. The number of anilines is 1. The number of hydrogen-bond donors (Lipinski definition) is 0. The van der Waals surface area contributed by atoms with E-state index < -0.39 is 6.04 Å². The number of carbonyl (C=O) groups excluding carboxylic acids is 2. The molecular formula is C24H23NO4. The molecule has 3 atom stereocenters. The first-order valence-corrected chi connectivity index (χ1v) is 10.2. The molecule has 1 fully saturated rings. The van der Waals surface area contributed by atoms with E-state index in [0.29, 0.717) is 11.3 Å². The third-order valence-corrected chi connectivity index (χ3v) is 6.23. The van der Waals surface area contributed by atoms with Gasteiger partial charge in [-0.3, -0.25) is 14.5 Å². The molecule has 2 aliphatic heterocycles. The summed E-state index contributed by atoms with van der Waals surface area (Å²) in [4.78, 5) is 28.7. The highest BCUT2D eigenvalue weighted by Crippen LogP contribution is 2.48. The second-order valence-corrected chi connectivity index (χ2v) is 7.84. The molecule has 0 N–H and O–H groups in total. The SMILES string of the molecule is COc1ccc(N2C(=O)C3=C(C(=O)C4CCCCC4O3)C2c2ccccc2)cc1. The van der Waals surface area contributed by atoms with Crippen LogP contribution in [0.4, 0.5) is 5.69 Å². The highest BCUT2D eigenvalue weighted by molar-refractivity contribution is 6.18. The molecule has 148 valence electrons. The number of fused-ring (bicyclic) bond motifs is 1. The molecule has 0 spiro atoms. The predicted octanol–water partition coefficient (Wildman–Crippen LogP) is 4.20. The van der Waals surface area contributed by atoms with Crippen molar-refractivity contribution in [3.63, 3.8) is 0 Å². The molecule has 2 aromatic carbocycles. The minimum atomic E-state index is -0.470. The Hall–Kier alpha value is -3.08. The molecule has 1 amide bonds. The highest BCUT2D eigenvalue weighted by Gasteiger charge is 2.52. The number of rotatable bonds is 3. The minimum Gasteiger partial charge on any atom is -0.497 e. The fraction of sp³-hybridized carbons (Fsp3) is 0.333. The van der Waals surface area contributed by atoms with Gasteiger partial charge >= 0.3 is 0 Å². The maximum absolute atomic E-state index is 13.5. The lowest BCUT2D eigenvalue weighted by Crippen LogP contribution is -2.39. The van der Waals surface area contributed by atoms with Gasteiger partial charge in [-0.05, 0) is 49.1 Å². The summed E-state index contributed by atoms with van der Waals surface area (Å²) < 4.78 is 11.4. The summed E-state index contributed by atoms with van der Waals surface area (Å²) in [6.45, 7) is 0. The number of Topliss-reactive ketones (excluding diaryl/α,β-unsaturated/α-hetero) is 1. The van der Waals surface area contributed by atoms with E-state index in [1.807, 2.05) is 54.6 Å². The van der Waals surface area contributed by atoms with E-state index in [-0.39, 0.29) is 29.5 Å². The van der Waals surface area contributed by atoms with Gasteiger partial charge in [-0.15, -0.1) is 0 Å². The molecule has 2 aromatic rings. The molecule has 1 saturated carbocycles. The van der Waals surface area contributed by atoms with Gasteiger partial charge in [0.25, 0.3) is 5.91 Å². The molecule has 3 aliphatic rings. The summed E-state index contributed by atoms with van der Waals surface area (Å²) in [5.41, 5.74) is 2.14. The summed E-state index contributed by atoms with van der Waals surface area (Å²) in [6.07, 6.45) is 3.56. The first kappa shape index (κ1) is 18.0. The number of benzene rings is 2. The van der Waals surface area contributed by atoms with Gasteiger partial charge in [-0.25, -0.2) is 0 Å². The standard InChI is InChI=1S/C24H23NO4/c1-28-17-13-11-16(12-14-17)25-21(15-7-3-2-4-8-15)20-22(26)18-9-5-6-10-19(18)29-23(20)24(25)27/h2-4,7-8,11-14,18-19,21H,5-6,9-10H2,1H3. The Kier molecular flexibility index (Phi) is 4.38. The van der Waals surface area contributed by atoms with Crippen molar-refractivity contribution in [2.45, 2.75) is 37.8 Å². The van der Waals surface area contributed by atoms with Gasteiger partial charge in [0.1, 0.15) is 11.9 Å². The van der Waals surface area contributed by atoms with Gasteiger partial charge in [-0.1, -0.05) is 36.8 Å². The molecule has 0 saturated heterocycles. The van der Waals surface area contributed by atoms with E-state index in [1.165, 1.54) is 0 Å². The van der Waals surface area contributed by atoms with Crippen LogP contribution in [-0.4, -0.2) is 24.9 Å². The van der Waals surface area contributed by atoms with Crippen molar-refractivity contribution in [1.29, 1.82) is 0 Å². The second-order valence-electron chi connectivity index (χ2n) is 7.84. The average molecular weight is 389 g/mol. The van der Waals surface area contributed by atoms with Crippen LogP contribution < -0.4 is 9.64 Å². The Morgan fingerprint density at radius 3 is 2.41 bits per heavy atom. The van der Waals surface area contributed by atoms with Gasteiger partial charge in [0.15, 0.2) is 11.5 Å². The van der Waals surface area contributed by atoms with Crippen LogP contribution in [0, 0.1) is 5.92 Å². The van der Waals surface area contributed by atoms with Crippen LogP contribution in [0.5, 0.6) is 5.75 Å². The van der Waals surface area contributed by atoms with E-state index in [4.69, 9.17) is 9.47 Å². The molecule has 3 unspecified atom stereocenters. The van der Waals surface area contributed by atoms with E-state index in [9.17, 15) is 9.59 Å². The molecule has 2 heterocycles. The number of carbonyl (C=O) groups is 2. The highest BCUT2D eigenvalue weighted by atomic mass is 16.5. The minimum absolute atomic E-state index is 0.0779. The topological polar surface area (TPSA) is 55.8 Å². The van der Waals surface area contributed by atoms with Crippen molar-refractivity contribution < 1.29 is 19.1 Å². The summed E-state index contributed by atoms with van der Waals surface area (Å²) in [6, 6.07) is 16.6. The van der Waals surface area contributed by atoms with E-state index in [2.05, 4.69) is 0 Å². The van der Waals surface area contributed by atoms with E-state index in [1.54, 1.807) is 12.0 Å². The number of ether oxygens (including phenoxy) is 2. The van der Waals surface area contributed by atoms with Gasteiger partial charge < -0.3 is 9.47 Å². The zero-order valence-corrected chi connectivity index (χ0v) is 16.3. The maximum Gasteiger partial charge on any atom is 0.294 e. The van der Waals surface area contributed by atoms with Crippen LogP contribution in [0.2, 0.25) is 0 Å². The molecule has 0 aromatic heterocycles. The third-order valence-electron chi connectivity index (χ3n) is 6.23. The molecule has 0 bridgehead atoms. The molecular weight excluding hydrogens is 366 g/mol. The Bertz CT molecular complexity index is 980. The van der Waals surface area contributed by atoms with Crippen LogP contribution in [0.25, 0.3) is 0 Å². The Morgan fingerprint density at radius 1 is 0.966 bits per heavy atom. The van der Waals surface area contributed by atoms with Crippen molar-refractivity contribution in [1.82, 2.24) is 0 Å². The quantitative estimate of drug-likeness (QED) is 0.790. The van der Waals surface area contributed by atoms with Crippen LogP contribution >= 0.6 is 0 Å². The summed E-state index contributed by atoms with van der Waals surface area (Å²) >= 11 is 0. The normalized spacial score (nSPS) is 26.1. The Morgan fingerprint density at radius 2 is 1.69 bits per heavy atom. The number of hydrogen-bond acceptors (Lipinski definition) is 4. The van der Waals surface area contributed by atoms with Gasteiger partial charge in [0.05, 0.1) is 24.6 Å². The fourth-order valence-corrected chi connectivity index (χ4v) is 4.80. The van der Waals surface area contributed by atoms with Crippen molar-refractivity contribution in [3.8, 4) is 5.75 Å². The first-order chi connectivity index (χ1) is 14.2. The molecule has 1 aliphatic carbocycles.